The Bertz CT molecular complexity index is 326. The van der Waals surface area contributed by atoms with Crippen LogP contribution in [0, 0.1) is 11.1 Å². The molecule has 0 aliphatic rings. The molecule has 1 aromatic rings. The highest BCUT2D eigenvalue weighted by Gasteiger charge is 1.77. The molecule has 0 atom stereocenters. The van der Waals surface area contributed by atoms with Gasteiger partial charge in [0.05, 0.1) is 6.33 Å². The summed E-state index contributed by atoms with van der Waals surface area (Å²) in [6.07, 6.45) is 3.31. The van der Waals surface area contributed by atoms with E-state index in [9.17, 15) is 8.42 Å². The molecule has 0 saturated heterocycles. The van der Waals surface area contributed by atoms with Gasteiger partial charge < -0.3 is 4.98 Å². The summed E-state index contributed by atoms with van der Waals surface area (Å²) < 4.78 is 20.0. The molecule has 1 aromatic heterocycles. The summed E-state index contributed by atoms with van der Waals surface area (Å²) in [6.45, 7) is 0. The second kappa shape index (κ2) is 2.40. The second-order valence-electron chi connectivity index (χ2n) is 1.15. The lowest BCUT2D eigenvalue weighted by molar-refractivity contribution is 0.623. The van der Waals surface area contributed by atoms with Crippen LogP contribution in [0.4, 0.5) is 0 Å². The van der Waals surface area contributed by atoms with Gasteiger partial charge in [0.2, 0.25) is 6.33 Å². The lowest BCUT2D eigenvalue weighted by atomic mass is 11.1. The predicted molar refractivity (Wildman–Crippen MR) is 27.4 cm³/mol. The molecule has 1 radical (unpaired) electrons. The van der Waals surface area contributed by atoms with Crippen LogP contribution in [0.25, 0.3) is 0 Å². The van der Waals surface area contributed by atoms with Gasteiger partial charge in [0.1, 0.15) is 0 Å². The summed E-state index contributed by atoms with van der Waals surface area (Å²) in [6, 6.07) is 0. The van der Waals surface area contributed by atoms with Crippen LogP contribution in [0.1, 0.15) is 0 Å². The van der Waals surface area contributed by atoms with Crippen molar-refractivity contribution in [3.63, 3.8) is 0 Å². The molecule has 0 aromatic carbocycles. The Morgan fingerprint density at radius 1 is 1.67 bits per heavy atom. The summed E-state index contributed by atoms with van der Waals surface area (Å²) >= 11 is 0. The molecule has 0 bridgehead atoms. The van der Waals surface area contributed by atoms with Gasteiger partial charge in [0.25, 0.3) is 15.1 Å². The van der Waals surface area contributed by atoms with E-state index in [4.69, 9.17) is 0 Å². The Morgan fingerprint density at radius 2 is 2.44 bits per heavy atom. The molecule has 0 fully saturated rings. The minimum absolute atomic E-state index is 0.162. The maximum atomic E-state index is 10.1. The van der Waals surface area contributed by atoms with E-state index in [1.54, 1.807) is 0 Å². The van der Waals surface area contributed by atoms with Crippen LogP contribution >= 0.6 is 0 Å². The molecule has 5 nitrogen and oxygen atoms in total. The molecule has 0 aliphatic carbocycles. The average Bonchev–Trinajstić information content (AvgIpc) is 1.90. The highest BCUT2D eigenvalue weighted by atomic mass is 32.2. The van der Waals surface area contributed by atoms with Gasteiger partial charge >= 0.3 is 0 Å². The van der Waals surface area contributed by atoms with Crippen molar-refractivity contribution in [2.75, 3.05) is 0 Å². The Balaban J connectivity index is 3.67. The molecule has 0 saturated carbocycles. The van der Waals surface area contributed by atoms with Gasteiger partial charge in [-0.2, -0.15) is 13.4 Å². The lowest BCUT2D eigenvalue weighted by Gasteiger charge is -1.74. The first kappa shape index (κ1) is 5.96. The van der Waals surface area contributed by atoms with Gasteiger partial charge in [-0.05, 0) is 0 Å². The number of H-pyrrole nitrogens is 1. The third-order valence-electron chi connectivity index (χ3n) is 0.620. The highest BCUT2D eigenvalue weighted by Crippen LogP contribution is 1.65. The van der Waals surface area contributed by atoms with E-state index in [1.807, 2.05) is 0 Å². The summed E-state index contributed by atoms with van der Waals surface area (Å²) in [4.78, 5) is 8.94. The zero-order valence-corrected chi connectivity index (χ0v) is 5.01. The fraction of sp³-hybridized carbons (Fsp3) is 0. The fourth-order valence-electron chi connectivity index (χ4n) is 0.308. The van der Waals surface area contributed by atoms with E-state index < -0.39 is 10.3 Å². The monoisotopic (exact) mass is 144 g/mol. The fourth-order valence-corrected chi connectivity index (χ4v) is 0.573. The Labute approximate surface area is 52.0 Å². The number of hydrogen-bond donors (Lipinski definition) is 1. The summed E-state index contributed by atoms with van der Waals surface area (Å²) in [5, 5.41) is 0. The Morgan fingerprint density at radius 3 is 2.78 bits per heavy atom. The number of nitrogens with zero attached hydrogens (tertiary/aromatic N) is 2. The van der Waals surface area contributed by atoms with Crippen molar-refractivity contribution in [3.8, 4) is 0 Å². The molecule has 0 spiro atoms. The first-order valence-electron chi connectivity index (χ1n) is 2.01. The lowest BCUT2D eigenvalue weighted by Crippen LogP contribution is -1.84. The zero-order chi connectivity index (χ0) is 6.69. The van der Waals surface area contributed by atoms with Crippen molar-refractivity contribution in [2.24, 2.45) is 0 Å². The van der Waals surface area contributed by atoms with Crippen molar-refractivity contribution in [1.29, 1.82) is 0 Å². The van der Waals surface area contributed by atoms with Crippen LogP contribution in [-0.4, -0.2) is 23.4 Å². The van der Waals surface area contributed by atoms with Crippen molar-refractivity contribution < 1.29 is 8.42 Å². The van der Waals surface area contributed by atoms with Crippen LogP contribution in [-0.2, 0) is 10.3 Å². The smallest absolute Gasteiger partial charge is 0.258 e. The molecule has 0 unspecified atom stereocenters. The summed E-state index contributed by atoms with van der Waals surface area (Å²) in [5.74, 6) is 0. The topological polar surface area (TPSA) is 75.7 Å². The number of hydrogen-bond acceptors (Lipinski definition) is 4. The molecular weight excluding hydrogens is 142 g/mol. The molecule has 1 N–H and O–H groups in total. The van der Waals surface area contributed by atoms with Gasteiger partial charge in [-0.1, -0.05) is 0 Å². The van der Waals surface area contributed by atoms with E-state index in [0.717, 1.165) is 0 Å². The van der Waals surface area contributed by atoms with E-state index in [1.165, 1.54) is 6.33 Å². The minimum Gasteiger partial charge on any atom is -0.318 e. The van der Waals surface area contributed by atoms with Crippen molar-refractivity contribution in [2.45, 2.75) is 0 Å². The van der Waals surface area contributed by atoms with Gasteiger partial charge in [0, 0.05) is 0 Å². The van der Waals surface area contributed by atoms with Crippen LogP contribution < -0.4 is 0 Å². The van der Waals surface area contributed by atoms with E-state index >= 15 is 0 Å². The van der Waals surface area contributed by atoms with E-state index in [2.05, 4.69) is 21.3 Å². The third-order valence-corrected chi connectivity index (χ3v) is 1.14. The zero-order valence-electron chi connectivity index (χ0n) is 4.20. The first-order chi connectivity index (χ1) is 4.30. The molecule has 47 valence electrons. The predicted octanol–water partition coefficient (Wildman–Crippen LogP) is -0.984. The molecular formula is C3H2N3O2S. The molecule has 0 amide bonds. The summed E-state index contributed by atoms with van der Waals surface area (Å²) in [7, 11) is -2.32. The summed E-state index contributed by atoms with van der Waals surface area (Å²) in [5.41, 5.74) is 0. The molecule has 9 heavy (non-hydrogen) atoms. The molecule has 0 aliphatic heterocycles. The van der Waals surface area contributed by atoms with Gasteiger partial charge in [0.15, 0.2) is 0 Å². The van der Waals surface area contributed by atoms with Gasteiger partial charge in [-0.15, -0.1) is 0 Å². The van der Waals surface area contributed by atoms with Crippen LogP contribution in [0.5, 0.6) is 0 Å². The number of nitrogens with one attached hydrogen (secondary N) is 1. The van der Waals surface area contributed by atoms with Gasteiger partial charge in [-0.3, -0.25) is 0 Å². The van der Waals surface area contributed by atoms with Crippen LogP contribution in [0.15, 0.2) is 6.33 Å². The largest absolute Gasteiger partial charge is 0.318 e. The number of rotatable bonds is 0. The standard InChI is InChI=1S/C3H2N3O2S/c7-9(8)3-5-1-4-2-6-3/h1H,(H,4,5,6). The third kappa shape index (κ3) is 1.36. The molecule has 6 heteroatoms. The van der Waals surface area contributed by atoms with E-state index in [-0.39, 0.29) is 4.77 Å². The van der Waals surface area contributed by atoms with Crippen LogP contribution in [0.3, 0.4) is 0 Å². The van der Waals surface area contributed by atoms with Crippen LogP contribution in [0.2, 0.25) is 0 Å². The average molecular weight is 144 g/mol. The minimum atomic E-state index is -2.32. The molecule has 1 heterocycles. The van der Waals surface area contributed by atoms with Crippen molar-refractivity contribution in [1.82, 2.24) is 15.0 Å². The van der Waals surface area contributed by atoms with Crippen molar-refractivity contribution >= 4 is 10.3 Å². The molecule has 1 rings (SSSR count). The Kier molecular flexibility index (Phi) is 1.59. The number of aromatic amines is 1. The maximum Gasteiger partial charge on any atom is 0.258 e. The highest BCUT2D eigenvalue weighted by molar-refractivity contribution is 7.63. The van der Waals surface area contributed by atoms with Gasteiger partial charge in [-0.25, -0.2) is 4.98 Å². The van der Waals surface area contributed by atoms with Crippen molar-refractivity contribution in [3.05, 3.63) is 17.4 Å². The Hall–Kier alpha value is -1.17. The first-order valence-corrected chi connectivity index (χ1v) is 3.08. The second-order valence-corrected chi connectivity index (χ2v) is 2.01. The van der Waals surface area contributed by atoms with E-state index in [0.29, 0.717) is 0 Å². The normalized spacial score (nSPS) is 8.89. The quantitative estimate of drug-likeness (QED) is 0.474. The number of aromatic nitrogens is 3. The SMILES string of the molecule is O=S(=O)=c1n[c]nc[nH]1. The maximum absolute atomic E-state index is 10.1.